The molecule has 2 heterocycles. The van der Waals surface area contributed by atoms with E-state index in [1.807, 2.05) is 0 Å². The molecule has 0 bridgehead atoms. The number of benzene rings is 1. The van der Waals surface area contributed by atoms with Crippen LogP contribution < -0.4 is 5.32 Å². The van der Waals surface area contributed by atoms with Gasteiger partial charge in [-0.05, 0) is 63.5 Å². The lowest BCUT2D eigenvalue weighted by molar-refractivity contribution is -0.182. The summed E-state index contributed by atoms with van der Waals surface area (Å²) in [5.74, 6) is -0.761. The van der Waals surface area contributed by atoms with Crippen LogP contribution in [0, 0.1) is 5.92 Å². The molecule has 4 fully saturated rings. The van der Waals surface area contributed by atoms with Crippen LogP contribution >= 0.6 is 23.2 Å². The summed E-state index contributed by atoms with van der Waals surface area (Å²) in [6.07, 6.45) is -0.702. The second kappa shape index (κ2) is 10.6. The molecule has 1 aliphatic heterocycles. The Morgan fingerprint density at radius 1 is 1.00 bits per heavy atom. The lowest BCUT2D eigenvalue weighted by Crippen LogP contribution is -2.52. The van der Waals surface area contributed by atoms with Crippen LogP contribution in [0.3, 0.4) is 0 Å². The Hall–Kier alpha value is -2.09. The van der Waals surface area contributed by atoms with Gasteiger partial charge in [0.1, 0.15) is 0 Å². The molecule has 1 N–H and O–H groups in total. The summed E-state index contributed by atoms with van der Waals surface area (Å²) in [6.45, 7) is 1.06. The van der Waals surface area contributed by atoms with Crippen LogP contribution in [0.1, 0.15) is 74.6 Å². The Labute approximate surface area is 245 Å². The molecule has 0 unspecified atom stereocenters. The number of halogens is 5. The van der Waals surface area contributed by atoms with Crippen molar-refractivity contribution in [2.75, 3.05) is 31.5 Å². The fourth-order valence-electron chi connectivity index (χ4n) is 6.00. The number of alkyl halides is 3. The smallest absolute Gasteiger partial charge is 0.339 e. The molecule has 1 aromatic carbocycles. The van der Waals surface area contributed by atoms with Gasteiger partial charge in [-0.25, -0.2) is 13.2 Å². The molecule has 0 spiro atoms. The van der Waals surface area contributed by atoms with E-state index in [1.165, 1.54) is 4.31 Å². The number of aromatic nitrogens is 2. The zero-order valence-electron chi connectivity index (χ0n) is 22.1. The fourth-order valence-corrected chi connectivity index (χ4v) is 8.68. The van der Waals surface area contributed by atoms with Crippen LogP contribution in [0.4, 0.5) is 23.7 Å². The largest absolute Gasteiger partial charge is 0.391 e. The predicted molar refractivity (Wildman–Crippen MR) is 146 cm³/mol. The van der Waals surface area contributed by atoms with E-state index in [1.54, 1.807) is 17.0 Å². The monoisotopic (exact) mass is 635 g/mol. The Morgan fingerprint density at radius 3 is 2.15 bits per heavy atom. The van der Waals surface area contributed by atoms with Crippen molar-refractivity contribution in [1.82, 2.24) is 19.3 Å². The van der Waals surface area contributed by atoms with Gasteiger partial charge in [-0.1, -0.05) is 28.4 Å². The molecule has 3 aliphatic carbocycles. The summed E-state index contributed by atoms with van der Waals surface area (Å²) < 4.78 is 71.0. The van der Waals surface area contributed by atoms with Crippen LogP contribution in [0.2, 0.25) is 10.0 Å². The quantitative estimate of drug-likeness (QED) is 0.421. The lowest BCUT2D eigenvalue weighted by Gasteiger charge is -2.34. The number of carbonyl (C=O) groups is 1. The van der Waals surface area contributed by atoms with Crippen molar-refractivity contribution >= 4 is 44.9 Å². The van der Waals surface area contributed by atoms with Gasteiger partial charge in [0.15, 0.2) is 5.82 Å². The van der Waals surface area contributed by atoms with Gasteiger partial charge in [-0.3, -0.25) is 0 Å². The normalized spacial score (nSPS) is 25.2. The summed E-state index contributed by atoms with van der Waals surface area (Å²) in [7, 11) is -3.27. The summed E-state index contributed by atoms with van der Waals surface area (Å²) in [6, 6.07) is 2.83. The van der Waals surface area contributed by atoms with Gasteiger partial charge >= 0.3 is 12.2 Å². The molecule has 15 heteroatoms. The summed E-state index contributed by atoms with van der Waals surface area (Å²) in [5, 5.41) is 7.34. The van der Waals surface area contributed by atoms with E-state index in [4.69, 9.17) is 27.7 Å². The van der Waals surface area contributed by atoms with Gasteiger partial charge in [0.2, 0.25) is 15.9 Å². The summed E-state index contributed by atoms with van der Waals surface area (Å²) in [4.78, 5) is 19.0. The minimum absolute atomic E-state index is 0.0388. The van der Waals surface area contributed by atoms with E-state index in [0.717, 1.165) is 0 Å². The highest BCUT2D eigenvalue weighted by molar-refractivity contribution is 7.90. The molecular weight excluding hydrogens is 606 g/mol. The number of rotatable bonds is 6. The molecule has 41 heavy (non-hydrogen) atoms. The number of hydrogen-bond acceptors (Lipinski definition) is 6. The van der Waals surface area contributed by atoms with Crippen molar-refractivity contribution in [3.05, 3.63) is 39.5 Å². The number of nitrogens with one attached hydrogen (secondary N) is 1. The molecule has 6 rings (SSSR count). The van der Waals surface area contributed by atoms with E-state index in [0.29, 0.717) is 71.5 Å². The second-order valence-electron chi connectivity index (χ2n) is 11.5. The van der Waals surface area contributed by atoms with Crippen LogP contribution in [0.15, 0.2) is 16.7 Å². The maximum atomic E-state index is 13.1. The highest BCUT2D eigenvalue weighted by Crippen LogP contribution is 2.57. The van der Waals surface area contributed by atoms with Gasteiger partial charge in [0.25, 0.3) is 0 Å². The highest BCUT2D eigenvalue weighted by atomic mass is 35.5. The van der Waals surface area contributed by atoms with Gasteiger partial charge in [-0.2, -0.15) is 22.5 Å². The minimum Gasteiger partial charge on any atom is -0.339 e. The zero-order chi connectivity index (χ0) is 29.2. The van der Waals surface area contributed by atoms with Crippen LogP contribution in [0.5, 0.6) is 0 Å². The van der Waals surface area contributed by atoms with Gasteiger partial charge in [0, 0.05) is 53.4 Å². The van der Waals surface area contributed by atoms with Crippen LogP contribution in [-0.2, 0) is 15.4 Å². The molecule has 1 aromatic heterocycles. The molecule has 4 aliphatic rings. The third-order valence-electron chi connectivity index (χ3n) is 8.76. The average Bonchev–Trinajstić information content (AvgIpc) is 3.86. The van der Waals surface area contributed by atoms with Crippen molar-refractivity contribution in [2.45, 2.75) is 74.1 Å². The molecule has 0 atom stereocenters. The zero-order valence-corrected chi connectivity index (χ0v) is 24.4. The first-order chi connectivity index (χ1) is 19.4. The number of piperazine rings is 1. The topological polar surface area (TPSA) is 109 Å². The first-order valence-corrected chi connectivity index (χ1v) is 16.1. The maximum Gasteiger partial charge on any atom is 0.391 e. The van der Waals surface area contributed by atoms with E-state index < -0.39 is 27.5 Å². The number of hydrogen-bond donors (Lipinski definition) is 1. The van der Waals surface area contributed by atoms with Crippen molar-refractivity contribution in [1.29, 1.82) is 0 Å². The van der Waals surface area contributed by atoms with Crippen molar-refractivity contribution in [3.63, 3.8) is 0 Å². The molecule has 0 radical (unpaired) electrons. The molecule has 2 amide bonds. The van der Waals surface area contributed by atoms with Gasteiger partial charge in [-0.15, -0.1) is 0 Å². The number of anilines is 1. The maximum absolute atomic E-state index is 13.1. The first-order valence-electron chi connectivity index (χ1n) is 13.8. The standard InChI is InChI=1S/C26H30Cl2F3N5O4S/c27-19-13-17(32-24(37)35-9-11-36(12-10-35)41(38,39)18-5-6-18)14-20(28)21(19)25(7-8-25)23-33-22(40-34-23)15-1-3-16(4-2-15)26(29,30)31/h13-16,18H,1-12H2,(H,32,37). The van der Waals surface area contributed by atoms with E-state index in [9.17, 15) is 26.4 Å². The Balaban J connectivity index is 1.11. The molecule has 224 valence electrons. The lowest BCUT2D eigenvalue weighted by atomic mass is 9.81. The molecule has 2 aromatic rings. The molecule has 1 saturated heterocycles. The Bertz CT molecular complexity index is 1410. The molecule has 3 saturated carbocycles. The molecule has 9 nitrogen and oxygen atoms in total. The molecular formula is C26H30Cl2F3N5O4S. The third-order valence-corrected chi connectivity index (χ3v) is 11.8. The van der Waals surface area contributed by atoms with Crippen LogP contribution in [-0.4, -0.2) is 71.4 Å². The second-order valence-corrected chi connectivity index (χ2v) is 14.5. The fraction of sp³-hybridized carbons (Fsp3) is 0.654. The SMILES string of the molecule is O=C(Nc1cc(Cl)c(C2(c3noc(C4CCC(C(F)(F)F)CC4)n3)CC2)c(Cl)c1)N1CCN(S(=O)(=O)C2CC2)CC1. The van der Waals surface area contributed by atoms with Gasteiger partial charge in [0.05, 0.1) is 16.6 Å². The third kappa shape index (κ3) is 5.66. The number of urea groups is 1. The number of amides is 2. The van der Waals surface area contributed by atoms with E-state index in [-0.39, 0.29) is 56.2 Å². The minimum atomic E-state index is -4.18. The number of carbonyl (C=O) groups excluding carboxylic acids is 1. The van der Waals surface area contributed by atoms with Gasteiger partial charge < -0.3 is 14.7 Å². The van der Waals surface area contributed by atoms with Crippen molar-refractivity contribution in [2.24, 2.45) is 5.92 Å². The predicted octanol–water partition coefficient (Wildman–Crippen LogP) is 5.93. The van der Waals surface area contributed by atoms with E-state index >= 15 is 0 Å². The highest BCUT2D eigenvalue weighted by Gasteiger charge is 2.53. The first kappa shape index (κ1) is 29.0. The Kier molecular flexibility index (Phi) is 7.48. The van der Waals surface area contributed by atoms with Crippen LogP contribution in [0.25, 0.3) is 0 Å². The van der Waals surface area contributed by atoms with Crippen molar-refractivity contribution < 1.29 is 30.9 Å². The number of nitrogens with zero attached hydrogens (tertiary/aromatic N) is 4. The average molecular weight is 637 g/mol. The summed E-state index contributed by atoms with van der Waals surface area (Å²) >= 11 is 13.4. The summed E-state index contributed by atoms with van der Waals surface area (Å²) in [5.41, 5.74) is 0.351. The van der Waals surface area contributed by atoms with Crippen molar-refractivity contribution in [3.8, 4) is 0 Å². The Morgan fingerprint density at radius 2 is 1.61 bits per heavy atom. The van der Waals surface area contributed by atoms with E-state index in [2.05, 4.69) is 15.5 Å². The number of sulfonamides is 1.